The molecule has 2 heterocycles. The molecule has 2 aromatic heterocycles. The molecule has 2 nitrogen and oxygen atoms in total. The molecule has 0 aliphatic heterocycles. The fourth-order valence-corrected chi connectivity index (χ4v) is 7.43. The van der Waals surface area contributed by atoms with Crippen LogP contribution in [-0.2, 0) is 0 Å². The standard InChI is InChI=1S/C42H24O2/c1-2-13-26-25(11-1)12-9-19-28(26)38-29-15-3-5-17-31(29)39(32-18-6-4-16-30(32)38)34-20-10-22-37-40(34)35-24-23-33-27-14-7-8-21-36(27)43-41(33)42(35)44-37/h1-24H. The Kier molecular flexibility index (Phi) is 4.75. The number of para-hydroxylation sites is 1. The van der Waals surface area contributed by atoms with Gasteiger partial charge in [-0.3, -0.25) is 0 Å². The summed E-state index contributed by atoms with van der Waals surface area (Å²) in [4.78, 5) is 0. The summed E-state index contributed by atoms with van der Waals surface area (Å²) in [6.07, 6.45) is 0. The number of furan rings is 2. The van der Waals surface area contributed by atoms with E-state index >= 15 is 0 Å². The maximum Gasteiger partial charge on any atom is 0.178 e. The zero-order valence-corrected chi connectivity index (χ0v) is 23.7. The molecule has 0 saturated carbocycles. The molecule has 0 spiro atoms. The second-order valence-electron chi connectivity index (χ2n) is 11.6. The molecule has 0 fully saturated rings. The fraction of sp³-hybridized carbons (Fsp3) is 0. The van der Waals surface area contributed by atoms with Crippen LogP contribution < -0.4 is 0 Å². The van der Waals surface area contributed by atoms with E-state index in [1.54, 1.807) is 0 Å². The van der Waals surface area contributed by atoms with Crippen LogP contribution in [-0.4, -0.2) is 0 Å². The molecule has 10 aromatic rings. The molecule has 0 unspecified atom stereocenters. The third kappa shape index (κ3) is 3.14. The maximum absolute atomic E-state index is 6.63. The lowest BCUT2D eigenvalue weighted by Crippen LogP contribution is -1.92. The Bertz CT molecular complexity index is 2710. The monoisotopic (exact) mass is 560 g/mol. The van der Waals surface area contributed by atoms with Crippen LogP contribution in [0.4, 0.5) is 0 Å². The summed E-state index contributed by atoms with van der Waals surface area (Å²) < 4.78 is 13.0. The summed E-state index contributed by atoms with van der Waals surface area (Å²) in [7, 11) is 0. The SMILES string of the molecule is c1ccc2c(-c3c4ccccc4c(-c4cccc5oc6c(ccc7c8ccccc8oc76)c45)c4ccccc34)cccc2c1. The van der Waals surface area contributed by atoms with Crippen molar-refractivity contribution in [3.05, 3.63) is 146 Å². The number of benzene rings is 8. The highest BCUT2D eigenvalue weighted by Crippen LogP contribution is 2.48. The van der Waals surface area contributed by atoms with Gasteiger partial charge in [0.25, 0.3) is 0 Å². The molecule has 0 amide bonds. The molecule has 0 bridgehead atoms. The first-order chi connectivity index (χ1) is 21.8. The van der Waals surface area contributed by atoms with Gasteiger partial charge in [0.15, 0.2) is 11.2 Å². The topological polar surface area (TPSA) is 26.3 Å². The molecule has 8 aromatic carbocycles. The predicted molar refractivity (Wildman–Crippen MR) is 184 cm³/mol. The van der Waals surface area contributed by atoms with Gasteiger partial charge in [0.1, 0.15) is 11.2 Å². The molecule has 2 heteroatoms. The zero-order valence-electron chi connectivity index (χ0n) is 23.7. The van der Waals surface area contributed by atoms with Crippen LogP contribution in [0.2, 0.25) is 0 Å². The summed E-state index contributed by atoms with van der Waals surface area (Å²) in [6, 6.07) is 52.0. The van der Waals surface area contributed by atoms with Crippen molar-refractivity contribution in [2.45, 2.75) is 0 Å². The average molecular weight is 561 g/mol. The summed E-state index contributed by atoms with van der Waals surface area (Å²) in [5.41, 5.74) is 8.22. The third-order valence-electron chi connectivity index (χ3n) is 9.27. The first kappa shape index (κ1) is 23.7. The lowest BCUT2D eigenvalue weighted by Gasteiger charge is -2.19. The van der Waals surface area contributed by atoms with Crippen molar-refractivity contribution in [3.8, 4) is 22.3 Å². The summed E-state index contributed by atoms with van der Waals surface area (Å²) >= 11 is 0. The van der Waals surface area contributed by atoms with Crippen LogP contribution in [0.1, 0.15) is 0 Å². The molecular formula is C42H24O2. The molecule has 0 atom stereocenters. The van der Waals surface area contributed by atoms with Crippen LogP contribution in [0.3, 0.4) is 0 Å². The van der Waals surface area contributed by atoms with Crippen molar-refractivity contribution in [2.24, 2.45) is 0 Å². The van der Waals surface area contributed by atoms with Gasteiger partial charge >= 0.3 is 0 Å². The Morgan fingerprint density at radius 1 is 0.295 bits per heavy atom. The highest BCUT2D eigenvalue weighted by atomic mass is 16.4. The van der Waals surface area contributed by atoms with Gasteiger partial charge in [0.05, 0.1) is 0 Å². The minimum Gasteiger partial charge on any atom is -0.452 e. The van der Waals surface area contributed by atoms with Gasteiger partial charge in [0, 0.05) is 21.5 Å². The van der Waals surface area contributed by atoms with E-state index < -0.39 is 0 Å². The largest absolute Gasteiger partial charge is 0.452 e. The normalized spacial score (nSPS) is 12.1. The van der Waals surface area contributed by atoms with Crippen LogP contribution in [0.5, 0.6) is 0 Å². The molecule has 0 saturated heterocycles. The van der Waals surface area contributed by atoms with Crippen molar-refractivity contribution < 1.29 is 8.83 Å². The van der Waals surface area contributed by atoms with Gasteiger partial charge < -0.3 is 8.83 Å². The average Bonchev–Trinajstić information content (AvgIpc) is 3.66. The van der Waals surface area contributed by atoms with Crippen LogP contribution in [0, 0.1) is 0 Å². The van der Waals surface area contributed by atoms with E-state index in [4.69, 9.17) is 8.83 Å². The maximum atomic E-state index is 6.63. The van der Waals surface area contributed by atoms with Gasteiger partial charge in [-0.25, -0.2) is 0 Å². The zero-order chi connectivity index (χ0) is 28.8. The first-order valence-corrected chi connectivity index (χ1v) is 15.0. The van der Waals surface area contributed by atoms with Gasteiger partial charge in [-0.1, -0.05) is 121 Å². The summed E-state index contributed by atoms with van der Waals surface area (Å²) in [6.45, 7) is 0. The summed E-state index contributed by atoms with van der Waals surface area (Å²) in [5.74, 6) is 0. The molecule has 0 N–H and O–H groups in total. The number of hydrogen-bond acceptors (Lipinski definition) is 2. The van der Waals surface area contributed by atoms with Crippen molar-refractivity contribution in [1.29, 1.82) is 0 Å². The molecule has 0 aliphatic rings. The molecule has 10 rings (SSSR count). The smallest absolute Gasteiger partial charge is 0.178 e. The second kappa shape index (κ2) is 8.82. The van der Waals surface area contributed by atoms with E-state index in [0.717, 1.165) is 49.4 Å². The van der Waals surface area contributed by atoms with Crippen LogP contribution >= 0.6 is 0 Å². The molecular weight excluding hydrogens is 536 g/mol. The van der Waals surface area contributed by atoms with Crippen molar-refractivity contribution >= 4 is 76.2 Å². The lowest BCUT2D eigenvalue weighted by molar-refractivity contribution is 0.633. The van der Waals surface area contributed by atoms with Crippen molar-refractivity contribution in [1.82, 2.24) is 0 Å². The Hall–Kier alpha value is -5.86. The van der Waals surface area contributed by atoms with E-state index in [9.17, 15) is 0 Å². The van der Waals surface area contributed by atoms with E-state index in [2.05, 4.69) is 133 Å². The predicted octanol–water partition coefficient (Wildman–Crippen LogP) is 12.3. The fourth-order valence-electron chi connectivity index (χ4n) is 7.43. The molecule has 204 valence electrons. The third-order valence-corrected chi connectivity index (χ3v) is 9.27. The van der Waals surface area contributed by atoms with E-state index in [-0.39, 0.29) is 0 Å². The van der Waals surface area contributed by atoms with Gasteiger partial charge in [-0.05, 0) is 78.8 Å². The Balaban J connectivity index is 1.36. The van der Waals surface area contributed by atoms with E-state index in [0.29, 0.717) is 0 Å². The Morgan fingerprint density at radius 2 is 0.773 bits per heavy atom. The van der Waals surface area contributed by atoms with Crippen molar-refractivity contribution in [3.63, 3.8) is 0 Å². The van der Waals surface area contributed by atoms with Gasteiger partial charge in [0.2, 0.25) is 0 Å². The highest BCUT2D eigenvalue weighted by molar-refractivity contribution is 6.28. The van der Waals surface area contributed by atoms with Gasteiger partial charge in [-0.15, -0.1) is 0 Å². The quantitative estimate of drug-likeness (QED) is 0.197. The van der Waals surface area contributed by atoms with Crippen LogP contribution in [0.15, 0.2) is 154 Å². The second-order valence-corrected chi connectivity index (χ2v) is 11.6. The number of fused-ring (bicyclic) bond motifs is 10. The molecule has 0 radical (unpaired) electrons. The molecule has 0 aliphatic carbocycles. The minimum atomic E-state index is 0.794. The first-order valence-electron chi connectivity index (χ1n) is 15.0. The number of rotatable bonds is 2. The van der Waals surface area contributed by atoms with Crippen LogP contribution in [0.25, 0.3) is 98.4 Å². The van der Waals surface area contributed by atoms with E-state index in [1.807, 2.05) is 12.1 Å². The lowest BCUT2D eigenvalue weighted by atomic mass is 9.84. The Morgan fingerprint density at radius 3 is 1.52 bits per heavy atom. The molecule has 44 heavy (non-hydrogen) atoms. The Labute approximate surface area is 252 Å². The van der Waals surface area contributed by atoms with E-state index in [1.165, 1.54) is 49.0 Å². The summed E-state index contributed by atoms with van der Waals surface area (Å²) in [5, 5.41) is 11.8. The highest BCUT2D eigenvalue weighted by Gasteiger charge is 2.22. The van der Waals surface area contributed by atoms with Gasteiger partial charge in [-0.2, -0.15) is 0 Å². The van der Waals surface area contributed by atoms with Crippen molar-refractivity contribution in [2.75, 3.05) is 0 Å². The minimum absolute atomic E-state index is 0.794. The number of hydrogen-bond donors (Lipinski definition) is 0.